The predicted molar refractivity (Wildman–Crippen MR) is 111 cm³/mol. The fourth-order valence-corrected chi connectivity index (χ4v) is 4.50. The summed E-state index contributed by atoms with van der Waals surface area (Å²) in [7, 11) is 1.33. The quantitative estimate of drug-likeness (QED) is 0.570. The lowest BCUT2D eigenvalue weighted by Crippen LogP contribution is -2.16. The molecule has 1 N–H and O–H groups in total. The van der Waals surface area contributed by atoms with E-state index in [0.717, 1.165) is 11.1 Å². The number of carbonyl (C=O) groups is 2. The van der Waals surface area contributed by atoms with Crippen LogP contribution >= 0.6 is 23.1 Å². The Morgan fingerprint density at radius 1 is 1.00 bits per heavy atom. The third-order valence-electron chi connectivity index (χ3n) is 3.90. The van der Waals surface area contributed by atoms with Crippen molar-refractivity contribution in [2.24, 2.45) is 0 Å². The van der Waals surface area contributed by atoms with Crippen molar-refractivity contribution in [2.45, 2.75) is 5.25 Å². The number of anilines is 1. The van der Waals surface area contributed by atoms with Crippen LogP contribution in [-0.4, -0.2) is 24.7 Å². The van der Waals surface area contributed by atoms with Gasteiger partial charge in [-0.2, -0.15) is 0 Å². The first-order chi connectivity index (χ1) is 13.2. The van der Waals surface area contributed by atoms with Crippen molar-refractivity contribution in [3.05, 3.63) is 88.1 Å². The molecular formula is C21H19NO3S2. The minimum absolute atomic E-state index is 0.0562. The molecule has 4 nitrogen and oxygen atoms in total. The molecule has 1 heterocycles. The molecule has 0 aliphatic carbocycles. The second-order valence-corrected chi connectivity index (χ2v) is 7.73. The average molecular weight is 398 g/mol. The fourth-order valence-electron chi connectivity index (χ4n) is 2.64. The Kier molecular flexibility index (Phi) is 6.68. The maximum absolute atomic E-state index is 12.5. The summed E-state index contributed by atoms with van der Waals surface area (Å²) in [5.41, 5.74) is 2.79. The van der Waals surface area contributed by atoms with Crippen LogP contribution in [0.2, 0.25) is 0 Å². The SMILES string of the molecule is COC(=O)c1sccc1NC(=O)CSC(c1ccccc1)c1ccccc1. The zero-order valence-corrected chi connectivity index (χ0v) is 16.4. The number of rotatable bonds is 7. The Labute approximate surface area is 166 Å². The van der Waals surface area contributed by atoms with E-state index >= 15 is 0 Å². The molecular weight excluding hydrogens is 378 g/mol. The number of esters is 1. The van der Waals surface area contributed by atoms with Crippen molar-refractivity contribution in [1.82, 2.24) is 0 Å². The van der Waals surface area contributed by atoms with Gasteiger partial charge in [-0.3, -0.25) is 4.79 Å². The molecule has 0 bridgehead atoms. The van der Waals surface area contributed by atoms with E-state index in [9.17, 15) is 9.59 Å². The van der Waals surface area contributed by atoms with Crippen LogP contribution in [0.4, 0.5) is 5.69 Å². The third-order valence-corrected chi connectivity index (χ3v) is 6.10. The van der Waals surface area contributed by atoms with Crippen LogP contribution in [0.3, 0.4) is 0 Å². The number of nitrogens with one attached hydrogen (secondary N) is 1. The molecule has 0 unspecified atom stereocenters. The van der Waals surface area contributed by atoms with Gasteiger partial charge in [0.15, 0.2) is 0 Å². The molecule has 0 saturated heterocycles. The van der Waals surface area contributed by atoms with Crippen molar-refractivity contribution >= 4 is 40.7 Å². The van der Waals surface area contributed by atoms with Gasteiger partial charge in [0.1, 0.15) is 4.88 Å². The van der Waals surface area contributed by atoms with Crippen LogP contribution in [0.25, 0.3) is 0 Å². The molecule has 1 amide bonds. The van der Waals surface area contributed by atoms with Crippen molar-refractivity contribution in [3.8, 4) is 0 Å². The molecule has 6 heteroatoms. The summed E-state index contributed by atoms with van der Waals surface area (Å²) >= 11 is 2.80. The van der Waals surface area contributed by atoms with Crippen LogP contribution in [-0.2, 0) is 9.53 Å². The van der Waals surface area contributed by atoms with E-state index in [-0.39, 0.29) is 16.9 Å². The standard InChI is InChI=1S/C21H19NO3S2/c1-25-21(24)20-17(12-13-26-20)22-18(23)14-27-19(15-8-4-2-5-9-15)16-10-6-3-7-11-16/h2-13,19H,14H2,1H3,(H,22,23). The van der Waals surface area contributed by atoms with Gasteiger partial charge in [0.2, 0.25) is 5.91 Å². The van der Waals surface area contributed by atoms with Crippen molar-refractivity contribution in [1.29, 1.82) is 0 Å². The van der Waals surface area contributed by atoms with Gasteiger partial charge >= 0.3 is 5.97 Å². The van der Waals surface area contributed by atoms with Crippen molar-refractivity contribution in [2.75, 3.05) is 18.2 Å². The topological polar surface area (TPSA) is 55.4 Å². The fraction of sp³-hybridized carbons (Fsp3) is 0.143. The highest BCUT2D eigenvalue weighted by Crippen LogP contribution is 2.35. The van der Waals surface area contributed by atoms with E-state index in [1.807, 2.05) is 36.4 Å². The predicted octanol–water partition coefficient (Wildman–Crippen LogP) is 5.00. The van der Waals surface area contributed by atoms with Gasteiger partial charge in [-0.1, -0.05) is 60.7 Å². The number of amides is 1. The van der Waals surface area contributed by atoms with E-state index < -0.39 is 5.97 Å². The van der Waals surface area contributed by atoms with E-state index in [4.69, 9.17) is 4.74 Å². The molecule has 0 aliphatic heterocycles. The van der Waals surface area contributed by atoms with Crippen molar-refractivity contribution < 1.29 is 14.3 Å². The second-order valence-electron chi connectivity index (χ2n) is 5.72. The highest BCUT2D eigenvalue weighted by atomic mass is 32.2. The van der Waals surface area contributed by atoms with Crippen LogP contribution in [0.5, 0.6) is 0 Å². The second kappa shape index (κ2) is 9.39. The normalized spacial score (nSPS) is 10.6. The van der Waals surface area contributed by atoms with Gasteiger partial charge in [-0.25, -0.2) is 4.79 Å². The zero-order chi connectivity index (χ0) is 19.1. The Balaban J connectivity index is 1.70. The Morgan fingerprint density at radius 2 is 1.59 bits per heavy atom. The number of methoxy groups -OCH3 is 1. The van der Waals surface area contributed by atoms with E-state index in [2.05, 4.69) is 29.6 Å². The molecule has 138 valence electrons. The van der Waals surface area contributed by atoms with Crippen LogP contribution in [0.1, 0.15) is 26.0 Å². The number of thiophene rings is 1. The number of hydrogen-bond acceptors (Lipinski definition) is 5. The average Bonchev–Trinajstić information content (AvgIpc) is 3.17. The van der Waals surface area contributed by atoms with E-state index in [1.54, 1.807) is 23.2 Å². The molecule has 0 aliphatic rings. The monoisotopic (exact) mass is 397 g/mol. The lowest BCUT2D eigenvalue weighted by Gasteiger charge is -2.17. The number of ether oxygens (including phenoxy) is 1. The minimum Gasteiger partial charge on any atom is -0.465 e. The van der Waals surface area contributed by atoms with E-state index in [0.29, 0.717) is 10.6 Å². The summed E-state index contributed by atoms with van der Waals surface area (Å²) in [5, 5.41) is 4.63. The summed E-state index contributed by atoms with van der Waals surface area (Å²) in [4.78, 5) is 24.6. The van der Waals surface area contributed by atoms with Gasteiger partial charge in [-0.05, 0) is 22.6 Å². The molecule has 2 aromatic carbocycles. The first kappa shape index (κ1) is 19.2. The first-order valence-electron chi connectivity index (χ1n) is 8.36. The zero-order valence-electron chi connectivity index (χ0n) is 14.8. The van der Waals surface area contributed by atoms with Crippen molar-refractivity contribution in [3.63, 3.8) is 0 Å². The molecule has 0 radical (unpaired) electrons. The van der Waals surface area contributed by atoms with E-state index in [1.165, 1.54) is 18.4 Å². The van der Waals surface area contributed by atoms with Gasteiger partial charge < -0.3 is 10.1 Å². The maximum Gasteiger partial charge on any atom is 0.350 e. The summed E-state index contributed by atoms with van der Waals surface area (Å²) in [6.45, 7) is 0. The van der Waals surface area contributed by atoms with Crippen LogP contribution in [0.15, 0.2) is 72.1 Å². The summed E-state index contributed by atoms with van der Waals surface area (Å²) in [6, 6.07) is 21.9. The van der Waals surface area contributed by atoms with Gasteiger partial charge in [0, 0.05) is 0 Å². The summed E-state index contributed by atoms with van der Waals surface area (Å²) in [6.07, 6.45) is 0. The lowest BCUT2D eigenvalue weighted by atomic mass is 10.0. The number of carbonyl (C=O) groups excluding carboxylic acids is 2. The van der Waals surface area contributed by atoms with Gasteiger partial charge in [0.05, 0.1) is 23.8 Å². The smallest absolute Gasteiger partial charge is 0.350 e. The Bertz CT molecular complexity index is 855. The highest BCUT2D eigenvalue weighted by molar-refractivity contribution is 8.00. The molecule has 0 saturated carbocycles. The maximum atomic E-state index is 12.5. The first-order valence-corrected chi connectivity index (χ1v) is 10.3. The minimum atomic E-state index is -0.445. The van der Waals surface area contributed by atoms with Crippen LogP contribution in [0, 0.1) is 0 Å². The lowest BCUT2D eigenvalue weighted by molar-refractivity contribution is -0.113. The molecule has 1 aromatic heterocycles. The summed E-state index contributed by atoms with van der Waals surface area (Å²) in [5.74, 6) is -0.329. The molecule has 3 rings (SSSR count). The number of benzene rings is 2. The number of hydrogen-bond donors (Lipinski definition) is 1. The molecule has 0 atom stereocenters. The Hall–Kier alpha value is -2.57. The molecule has 0 fully saturated rings. The molecule has 3 aromatic rings. The largest absolute Gasteiger partial charge is 0.465 e. The van der Waals surface area contributed by atoms with Crippen LogP contribution < -0.4 is 5.32 Å². The third kappa shape index (κ3) is 4.99. The Morgan fingerprint density at radius 3 is 2.15 bits per heavy atom. The summed E-state index contributed by atoms with van der Waals surface area (Å²) < 4.78 is 4.75. The number of thioether (sulfide) groups is 1. The molecule has 27 heavy (non-hydrogen) atoms. The van der Waals surface area contributed by atoms with Gasteiger partial charge in [-0.15, -0.1) is 23.1 Å². The van der Waals surface area contributed by atoms with Gasteiger partial charge in [0.25, 0.3) is 0 Å². The molecule has 0 spiro atoms. The highest BCUT2D eigenvalue weighted by Gasteiger charge is 2.19.